The molecule has 0 aromatic heterocycles. The van der Waals surface area contributed by atoms with Gasteiger partial charge in [0.25, 0.3) is 11.8 Å². The fraction of sp³-hybridized carbons (Fsp3) is 0.286. The van der Waals surface area contributed by atoms with E-state index in [0.717, 1.165) is 5.01 Å². The number of carbonyl (C=O) groups is 3. The van der Waals surface area contributed by atoms with Crippen molar-refractivity contribution in [3.63, 3.8) is 0 Å². The summed E-state index contributed by atoms with van der Waals surface area (Å²) in [6.07, 6.45) is -0.775. The minimum Gasteiger partial charge on any atom is -0.464 e. The predicted octanol–water partition coefficient (Wildman–Crippen LogP) is 3.92. The standard InChI is InChI=1S/C21H24FN3O4/c1-4-14-11-15(23-19(26)17-7-5-6-8-18(17)22)9-10-16(14)20(27)24-25(21(28)29)12-13(2)3/h5-11,13H,4,12H2,1-3H3,(H,23,26)(H,24,27)(H,28,29). The van der Waals surface area contributed by atoms with Gasteiger partial charge in [-0.25, -0.2) is 14.2 Å². The van der Waals surface area contributed by atoms with Crippen molar-refractivity contribution in [2.45, 2.75) is 27.2 Å². The van der Waals surface area contributed by atoms with Gasteiger partial charge in [0.1, 0.15) is 5.82 Å². The second-order valence-corrected chi connectivity index (χ2v) is 6.89. The Morgan fingerprint density at radius 2 is 1.76 bits per heavy atom. The predicted molar refractivity (Wildman–Crippen MR) is 107 cm³/mol. The van der Waals surface area contributed by atoms with Crippen LogP contribution in [0.1, 0.15) is 47.1 Å². The van der Waals surface area contributed by atoms with Gasteiger partial charge in [-0.1, -0.05) is 32.9 Å². The number of nitrogens with zero attached hydrogens (tertiary/aromatic N) is 1. The van der Waals surface area contributed by atoms with Gasteiger partial charge in [0.2, 0.25) is 0 Å². The number of hydrazine groups is 1. The Balaban J connectivity index is 2.19. The zero-order chi connectivity index (χ0) is 21.6. The Morgan fingerprint density at radius 1 is 1.07 bits per heavy atom. The molecule has 154 valence electrons. The zero-order valence-electron chi connectivity index (χ0n) is 16.5. The lowest BCUT2D eigenvalue weighted by Crippen LogP contribution is -2.47. The second kappa shape index (κ2) is 9.68. The van der Waals surface area contributed by atoms with Crippen molar-refractivity contribution in [1.82, 2.24) is 10.4 Å². The van der Waals surface area contributed by atoms with Crippen LogP contribution in [-0.2, 0) is 6.42 Å². The maximum Gasteiger partial charge on any atom is 0.426 e. The molecule has 0 atom stereocenters. The molecule has 2 aromatic carbocycles. The van der Waals surface area contributed by atoms with E-state index in [-0.39, 0.29) is 18.0 Å². The summed E-state index contributed by atoms with van der Waals surface area (Å²) in [4.78, 5) is 36.2. The Bertz CT molecular complexity index is 915. The highest BCUT2D eigenvalue weighted by Crippen LogP contribution is 2.19. The number of nitrogens with one attached hydrogen (secondary N) is 2. The number of carboxylic acid groups (broad SMARTS) is 1. The first-order valence-corrected chi connectivity index (χ1v) is 9.23. The van der Waals surface area contributed by atoms with Crippen LogP contribution < -0.4 is 10.7 Å². The molecule has 0 aliphatic heterocycles. The maximum atomic E-state index is 13.8. The van der Waals surface area contributed by atoms with E-state index in [0.29, 0.717) is 23.2 Å². The molecule has 3 N–H and O–H groups in total. The van der Waals surface area contributed by atoms with Crippen LogP contribution in [-0.4, -0.2) is 34.6 Å². The number of halogens is 1. The van der Waals surface area contributed by atoms with Gasteiger partial charge in [0.15, 0.2) is 0 Å². The third-order valence-electron chi connectivity index (χ3n) is 4.12. The Labute approximate surface area is 168 Å². The highest BCUT2D eigenvalue weighted by Gasteiger charge is 2.19. The minimum absolute atomic E-state index is 0.0352. The Kier molecular flexibility index (Phi) is 7.30. The van der Waals surface area contributed by atoms with Gasteiger partial charge in [-0.3, -0.25) is 15.0 Å². The van der Waals surface area contributed by atoms with Crippen LogP contribution in [0.4, 0.5) is 14.9 Å². The number of anilines is 1. The first-order chi connectivity index (χ1) is 13.7. The van der Waals surface area contributed by atoms with Crippen molar-refractivity contribution in [1.29, 1.82) is 0 Å². The van der Waals surface area contributed by atoms with Gasteiger partial charge in [-0.2, -0.15) is 0 Å². The molecule has 0 aliphatic carbocycles. The number of carbonyl (C=O) groups excluding carboxylic acids is 2. The molecular formula is C21H24FN3O4. The molecule has 3 amide bonds. The van der Waals surface area contributed by atoms with E-state index >= 15 is 0 Å². The summed E-state index contributed by atoms with van der Waals surface area (Å²) in [6, 6.07) is 10.3. The number of benzene rings is 2. The fourth-order valence-electron chi connectivity index (χ4n) is 2.75. The normalized spacial score (nSPS) is 10.5. The summed E-state index contributed by atoms with van der Waals surface area (Å²) < 4.78 is 13.8. The SMILES string of the molecule is CCc1cc(NC(=O)c2ccccc2F)ccc1C(=O)NN(CC(C)C)C(=O)O. The van der Waals surface area contributed by atoms with Gasteiger partial charge < -0.3 is 10.4 Å². The van der Waals surface area contributed by atoms with E-state index in [1.807, 2.05) is 20.8 Å². The molecular weight excluding hydrogens is 377 g/mol. The molecule has 0 saturated heterocycles. The molecule has 0 unspecified atom stereocenters. The van der Waals surface area contributed by atoms with Gasteiger partial charge in [-0.05, 0) is 48.2 Å². The van der Waals surface area contributed by atoms with Gasteiger partial charge in [0.05, 0.1) is 5.56 Å². The van der Waals surface area contributed by atoms with Crippen molar-refractivity contribution < 1.29 is 23.9 Å². The second-order valence-electron chi connectivity index (χ2n) is 6.89. The van der Waals surface area contributed by atoms with Gasteiger partial charge in [-0.15, -0.1) is 0 Å². The average molecular weight is 401 g/mol. The molecule has 29 heavy (non-hydrogen) atoms. The highest BCUT2D eigenvalue weighted by atomic mass is 19.1. The molecule has 0 saturated carbocycles. The third-order valence-corrected chi connectivity index (χ3v) is 4.12. The smallest absolute Gasteiger partial charge is 0.426 e. The summed E-state index contributed by atoms with van der Waals surface area (Å²) in [5.41, 5.74) is 3.62. The molecule has 0 fully saturated rings. The molecule has 0 aliphatic rings. The number of hydrogen-bond acceptors (Lipinski definition) is 3. The largest absolute Gasteiger partial charge is 0.464 e. The molecule has 2 rings (SSSR count). The topological polar surface area (TPSA) is 98.7 Å². The molecule has 0 heterocycles. The number of rotatable bonds is 6. The lowest BCUT2D eigenvalue weighted by Gasteiger charge is -2.22. The molecule has 7 nitrogen and oxygen atoms in total. The van der Waals surface area contributed by atoms with Gasteiger partial charge in [0, 0.05) is 17.8 Å². The lowest BCUT2D eigenvalue weighted by molar-refractivity contribution is 0.0731. The first kappa shape index (κ1) is 21.9. The molecule has 0 radical (unpaired) electrons. The van der Waals surface area contributed by atoms with Crippen LogP contribution in [0.25, 0.3) is 0 Å². The number of amides is 3. The quantitative estimate of drug-likeness (QED) is 0.639. The van der Waals surface area contributed by atoms with Crippen molar-refractivity contribution in [3.8, 4) is 0 Å². The molecule has 8 heteroatoms. The monoisotopic (exact) mass is 401 g/mol. The van der Waals surface area contributed by atoms with E-state index < -0.39 is 23.7 Å². The molecule has 0 bridgehead atoms. The molecule has 2 aromatic rings. The Hall–Kier alpha value is -3.42. The number of hydrogen-bond donors (Lipinski definition) is 3. The van der Waals surface area contributed by atoms with Crippen LogP contribution >= 0.6 is 0 Å². The van der Waals surface area contributed by atoms with Gasteiger partial charge >= 0.3 is 6.09 Å². The summed E-state index contributed by atoms with van der Waals surface area (Å²) in [5.74, 6) is -1.75. The Morgan fingerprint density at radius 3 is 2.34 bits per heavy atom. The minimum atomic E-state index is -1.25. The van der Waals surface area contributed by atoms with Crippen LogP contribution in [0, 0.1) is 11.7 Å². The van der Waals surface area contributed by atoms with Crippen molar-refractivity contribution in [3.05, 3.63) is 65.0 Å². The summed E-state index contributed by atoms with van der Waals surface area (Å²) in [5, 5.41) is 12.7. The van der Waals surface area contributed by atoms with E-state index in [4.69, 9.17) is 0 Å². The fourth-order valence-corrected chi connectivity index (χ4v) is 2.75. The molecule has 0 spiro atoms. The van der Waals surface area contributed by atoms with Crippen LogP contribution in [0.5, 0.6) is 0 Å². The first-order valence-electron chi connectivity index (χ1n) is 9.23. The van der Waals surface area contributed by atoms with E-state index in [1.54, 1.807) is 12.1 Å². The summed E-state index contributed by atoms with van der Waals surface area (Å²) in [7, 11) is 0. The van der Waals surface area contributed by atoms with Crippen molar-refractivity contribution in [2.24, 2.45) is 5.92 Å². The lowest BCUT2D eigenvalue weighted by atomic mass is 10.0. The van der Waals surface area contributed by atoms with Crippen LogP contribution in [0.15, 0.2) is 42.5 Å². The van der Waals surface area contributed by atoms with E-state index in [9.17, 15) is 23.9 Å². The maximum absolute atomic E-state index is 13.8. The summed E-state index contributed by atoms with van der Waals surface area (Å²) >= 11 is 0. The van der Waals surface area contributed by atoms with Crippen LogP contribution in [0.2, 0.25) is 0 Å². The summed E-state index contributed by atoms with van der Waals surface area (Å²) in [6.45, 7) is 5.66. The van der Waals surface area contributed by atoms with E-state index in [1.165, 1.54) is 30.3 Å². The van der Waals surface area contributed by atoms with Crippen molar-refractivity contribution >= 4 is 23.6 Å². The zero-order valence-corrected chi connectivity index (χ0v) is 16.5. The third kappa shape index (κ3) is 5.78. The van der Waals surface area contributed by atoms with Crippen LogP contribution in [0.3, 0.4) is 0 Å². The average Bonchev–Trinajstić information content (AvgIpc) is 2.67. The van der Waals surface area contributed by atoms with E-state index in [2.05, 4.69) is 10.7 Å². The highest BCUT2D eigenvalue weighted by molar-refractivity contribution is 6.05. The number of aryl methyl sites for hydroxylation is 1. The van der Waals surface area contributed by atoms with Crippen molar-refractivity contribution in [2.75, 3.05) is 11.9 Å².